The van der Waals surface area contributed by atoms with E-state index >= 15 is 4.39 Å². The fourth-order valence-corrected chi connectivity index (χ4v) is 4.90. The van der Waals surface area contributed by atoms with Crippen LogP contribution in [-0.4, -0.2) is 72.3 Å². The molecule has 2 fully saturated rings. The maximum atomic E-state index is 16.4. The van der Waals surface area contributed by atoms with Crippen LogP contribution in [0.4, 0.5) is 10.1 Å². The molecule has 11 heteroatoms. The standard InChI is InChI=1S/C23H25FN4O6/c1-3-34-23(33)17-13-14-19(28(11-4-5-11)10-12(20(14)29)22(31)32)16(24)18(15(13)21(30)25-17)27-8-6-26(2)7-9-27/h10-11,17H,3-9H2,1-2H3,(H,25,30)(H,31,32). The van der Waals surface area contributed by atoms with Crippen molar-refractivity contribution in [3.8, 4) is 0 Å². The first-order chi connectivity index (χ1) is 16.2. The summed E-state index contributed by atoms with van der Waals surface area (Å²) < 4.78 is 23.0. The van der Waals surface area contributed by atoms with Crippen LogP contribution in [0.5, 0.6) is 0 Å². The Morgan fingerprint density at radius 3 is 2.47 bits per heavy atom. The highest BCUT2D eigenvalue weighted by Gasteiger charge is 2.44. The van der Waals surface area contributed by atoms with E-state index in [0.717, 1.165) is 0 Å². The Hall–Kier alpha value is -3.47. The van der Waals surface area contributed by atoms with Gasteiger partial charge in [-0.2, -0.15) is 0 Å². The molecule has 1 saturated carbocycles. The topological polar surface area (TPSA) is 121 Å². The lowest BCUT2D eigenvalue weighted by Gasteiger charge is -2.35. The number of carboxylic acid groups (broad SMARTS) is 1. The van der Waals surface area contributed by atoms with Crippen LogP contribution >= 0.6 is 0 Å². The number of aromatic carboxylic acids is 1. The van der Waals surface area contributed by atoms with Gasteiger partial charge in [-0.1, -0.05) is 0 Å². The number of halogens is 1. The number of amides is 1. The second kappa shape index (κ2) is 8.08. The van der Waals surface area contributed by atoms with Gasteiger partial charge in [-0.15, -0.1) is 0 Å². The number of carboxylic acids is 1. The molecule has 2 N–H and O–H groups in total. The molecule has 1 aromatic heterocycles. The van der Waals surface area contributed by atoms with Crippen LogP contribution < -0.4 is 15.6 Å². The van der Waals surface area contributed by atoms with Crippen molar-refractivity contribution in [2.45, 2.75) is 31.8 Å². The molecule has 10 nitrogen and oxygen atoms in total. The van der Waals surface area contributed by atoms with E-state index in [1.807, 2.05) is 7.05 Å². The van der Waals surface area contributed by atoms with Crippen LogP contribution in [0.2, 0.25) is 0 Å². The maximum absolute atomic E-state index is 16.4. The molecule has 5 rings (SSSR count). The maximum Gasteiger partial charge on any atom is 0.341 e. The van der Waals surface area contributed by atoms with Crippen molar-refractivity contribution >= 4 is 34.4 Å². The number of nitrogens with one attached hydrogen (secondary N) is 1. The molecule has 3 heterocycles. The molecule has 1 unspecified atom stereocenters. The largest absolute Gasteiger partial charge is 0.477 e. The van der Waals surface area contributed by atoms with E-state index in [-0.39, 0.29) is 40.4 Å². The number of piperazine rings is 1. The first-order valence-corrected chi connectivity index (χ1v) is 11.3. The first kappa shape index (κ1) is 22.3. The van der Waals surface area contributed by atoms with E-state index in [0.29, 0.717) is 39.0 Å². The molecule has 0 radical (unpaired) electrons. The van der Waals surface area contributed by atoms with Gasteiger partial charge in [-0.25, -0.2) is 14.0 Å². The number of hydrogen-bond donors (Lipinski definition) is 2. The van der Waals surface area contributed by atoms with Gasteiger partial charge in [-0.05, 0) is 26.8 Å². The van der Waals surface area contributed by atoms with E-state index < -0.39 is 40.7 Å². The fourth-order valence-electron chi connectivity index (χ4n) is 4.90. The lowest BCUT2D eigenvalue weighted by molar-refractivity contribution is -0.145. The van der Waals surface area contributed by atoms with Gasteiger partial charge in [-0.3, -0.25) is 9.59 Å². The summed E-state index contributed by atoms with van der Waals surface area (Å²) in [5, 5.41) is 12.0. The van der Waals surface area contributed by atoms with E-state index in [4.69, 9.17) is 4.74 Å². The summed E-state index contributed by atoms with van der Waals surface area (Å²) in [7, 11) is 1.94. The average molecular weight is 472 g/mol. The highest BCUT2D eigenvalue weighted by atomic mass is 19.1. The number of ether oxygens (including phenoxy) is 1. The van der Waals surface area contributed by atoms with E-state index in [9.17, 15) is 24.3 Å². The van der Waals surface area contributed by atoms with E-state index in [1.165, 1.54) is 10.8 Å². The van der Waals surface area contributed by atoms with Gasteiger partial charge in [0.2, 0.25) is 5.43 Å². The number of nitrogens with zero attached hydrogens (tertiary/aromatic N) is 3. The smallest absolute Gasteiger partial charge is 0.341 e. The minimum absolute atomic E-state index is 0.00345. The van der Waals surface area contributed by atoms with Gasteiger partial charge in [0.1, 0.15) is 5.56 Å². The number of carbonyl (C=O) groups excluding carboxylic acids is 2. The van der Waals surface area contributed by atoms with Crippen molar-refractivity contribution in [1.82, 2.24) is 14.8 Å². The highest BCUT2D eigenvalue weighted by molar-refractivity contribution is 6.14. The average Bonchev–Trinajstić information content (AvgIpc) is 3.58. The van der Waals surface area contributed by atoms with Crippen LogP contribution in [0.1, 0.15) is 58.1 Å². The number of fused-ring (bicyclic) bond motifs is 3. The fraction of sp³-hybridized carbons (Fsp3) is 0.478. The molecule has 0 spiro atoms. The van der Waals surface area contributed by atoms with Crippen molar-refractivity contribution < 1.29 is 28.6 Å². The number of rotatable bonds is 5. The van der Waals surface area contributed by atoms with Gasteiger partial charge in [0.05, 0.1) is 28.8 Å². The third-order valence-corrected chi connectivity index (χ3v) is 6.73. The molecule has 1 atom stereocenters. The Morgan fingerprint density at radius 1 is 1.21 bits per heavy atom. The summed E-state index contributed by atoms with van der Waals surface area (Å²) in [5.41, 5.74) is -1.60. The van der Waals surface area contributed by atoms with Crippen LogP contribution in [0.3, 0.4) is 0 Å². The second-order valence-corrected chi connectivity index (χ2v) is 8.94. The summed E-state index contributed by atoms with van der Waals surface area (Å²) in [5.74, 6) is -3.69. The number of benzene rings is 1. The lowest BCUT2D eigenvalue weighted by Crippen LogP contribution is -2.45. The number of esters is 1. The molecule has 0 bridgehead atoms. The molecular weight excluding hydrogens is 447 g/mol. The zero-order valence-corrected chi connectivity index (χ0v) is 18.9. The van der Waals surface area contributed by atoms with Gasteiger partial charge >= 0.3 is 11.9 Å². The second-order valence-electron chi connectivity index (χ2n) is 8.94. The molecule has 180 valence electrons. The summed E-state index contributed by atoms with van der Waals surface area (Å²) >= 11 is 0. The molecular formula is C23H25FN4O6. The Labute approximate surface area is 193 Å². The molecule has 34 heavy (non-hydrogen) atoms. The minimum Gasteiger partial charge on any atom is -0.477 e. The molecule has 1 aromatic carbocycles. The minimum atomic E-state index is -1.46. The van der Waals surface area contributed by atoms with Crippen molar-refractivity contribution in [1.29, 1.82) is 0 Å². The van der Waals surface area contributed by atoms with Crippen LogP contribution in [-0.2, 0) is 9.53 Å². The molecule has 3 aliphatic rings. The third-order valence-electron chi connectivity index (χ3n) is 6.73. The molecule has 2 aromatic rings. The summed E-state index contributed by atoms with van der Waals surface area (Å²) in [6, 6.07) is -1.50. The summed E-state index contributed by atoms with van der Waals surface area (Å²) in [4.78, 5) is 55.0. The van der Waals surface area contributed by atoms with E-state index in [2.05, 4.69) is 10.2 Å². The summed E-state index contributed by atoms with van der Waals surface area (Å²) in [6.07, 6.45) is 2.59. The SMILES string of the molecule is CCOC(=O)C1NC(=O)c2c(N3CCN(C)CC3)c(F)c3c(c21)c(=O)c(C(=O)O)cn3C1CC1. The van der Waals surface area contributed by atoms with Gasteiger partial charge in [0.15, 0.2) is 11.9 Å². The first-order valence-electron chi connectivity index (χ1n) is 11.3. The highest BCUT2D eigenvalue weighted by Crippen LogP contribution is 2.44. The van der Waals surface area contributed by atoms with Crippen molar-refractivity contribution in [3.05, 3.63) is 38.9 Å². The Balaban J connectivity index is 1.90. The van der Waals surface area contributed by atoms with Crippen molar-refractivity contribution in [2.24, 2.45) is 0 Å². The number of aromatic nitrogens is 1. The molecule has 1 saturated heterocycles. The van der Waals surface area contributed by atoms with Crippen LogP contribution in [0.15, 0.2) is 11.0 Å². The third kappa shape index (κ3) is 3.33. The number of anilines is 1. The number of likely N-dealkylation sites (N-methyl/N-ethyl adjacent to an activating group) is 1. The molecule has 1 amide bonds. The monoisotopic (exact) mass is 472 g/mol. The van der Waals surface area contributed by atoms with Crippen molar-refractivity contribution in [2.75, 3.05) is 44.7 Å². The quantitative estimate of drug-likeness (QED) is 0.625. The number of hydrogen-bond acceptors (Lipinski definition) is 7. The number of pyridine rings is 1. The van der Waals surface area contributed by atoms with Crippen molar-refractivity contribution in [3.63, 3.8) is 0 Å². The van der Waals surface area contributed by atoms with Gasteiger partial charge in [0.25, 0.3) is 5.91 Å². The molecule has 2 aliphatic heterocycles. The predicted octanol–water partition coefficient (Wildman–Crippen LogP) is 1.27. The zero-order valence-electron chi connectivity index (χ0n) is 18.9. The summed E-state index contributed by atoms with van der Waals surface area (Å²) in [6.45, 7) is 3.83. The number of carbonyl (C=O) groups is 3. The Morgan fingerprint density at radius 2 is 1.88 bits per heavy atom. The Kier molecular flexibility index (Phi) is 5.31. The lowest BCUT2D eigenvalue weighted by atomic mass is 9.94. The van der Waals surface area contributed by atoms with Gasteiger partial charge < -0.3 is 29.5 Å². The zero-order chi connectivity index (χ0) is 24.3. The Bertz CT molecular complexity index is 1290. The van der Waals surface area contributed by atoms with E-state index in [1.54, 1.807) is 11.8 Å². The van der Waals surface area contributed by atoms with Gasteiger partial charge in [0, 0.05) is 44.0 Å². The predicted molar refractivity (Wildman–Crippen MR) is 120 cm³/mol. The normalized spacial score (nSPS) is 20.4. The van der Waals surface area contributed by atoms with Crippen LogP contribution in [0, 0.1) is 5.82 Å². The molecule has 1 aliphatic carbocycles. The van der Waals surface area contributed by atoms with Crippen LogP contribution in [0.25, 0.3) is 10.9 Å².